The van der Waals surface area contributed by atoms with Crippen LogP contribution in [0.5, 0.6) is 5.88 Å². The number of carbonyl (C=O) groups is 2. The van der Waals surface area contributed by atoms with Crippen molar-refractivity contribution in [3.63, 3.8) is 0 Å². The van der Waals surface area contributed by atoms with Crippen molar-refractivity contribution >= 4 is 11.8 Å². The van der Waals surface area contributed by atoms with Crippen molar-refractivity contribution in [3.05, 3.63) is 77.8 Å². The lowest BCUT2D eigenvalue weighted by Gasteiger charge is -2.37. The fourth-order valence-electron chi connectivity index (χ4n) is 3.92. The summed E-state index contributed by atoms with van der Waals surface area (Å²) in [6, 6.07) is 6.65. The quantitative estimate of drug-likeness (QED) is 0.525. The summed E-state index contributed by atoms with van der Waals surface area (Å²) >= 11 is 0. The maximum absolute atomic E-state index is 13.5. The number of hydrogen-bond donors (Lipinski definition) is 1. The summed E-state index contributed by atoms with van der Waals surface area (Å²) < 4.78 is 6.24. The van der Waals surface area contributed by atoms with Gasteiger partial charge in [0.1, 0.15) is 23.1 Å². The molecule has 0 radical (unpaired) electrons. The molecule has 1 aliphatic heterocycles. The average molecular weight is 501 g/mol. The Bertz CT molecular complexity index is 1310. The van der Waals surface area contributed by atoms with Crippen LogP contribution in [0.25, 0.3) is 0 Å². The number of ether oxygens (including phenoxy) is 1. The summed E-state index contributed by atoms with van der Waals surface area (Å²) in [6.07, 6.45) is 7.09. The first-order valence-corrected chi connectivity index (χ1v) is 11.9. The summed E-state index contributed by atoms with van der Waals surface area (Å²) in [6.45, 7) is 4.07. The fourth-order valence-corrected chi connectivity index (χ4v) is 3.92. The lowest BCUT2D eigenvalue weighted by molar-refractivity contribution is 0.0312. The van der Waals surface area contributed by atoms with Crippen LogP contribution in [0.1, 0.15) is 46.0 Å². The van der Waals surface area contributed by atoms with Crippen LogP contribution in [0, 0.1) is 17.8 Å². The number of pyridine rings is 2. The van der Waals surface area contributed by atoms with Crippen LogP contribution in [0.2, 0.25) is 0 Å². The van der Waals surface area contributed by atoms with E-state index in [0.717, 1.165) is 0 Å². The molecule has 4 rings (SSSR count). The van der Waals surface area contributed by atoms with Gasteiger partial charge in [0.25, 0.3) is 11.8 Å². The normalized spacial score (nSPS) is 17.8. The van der Waals surface area contributed by atoms with Crippen molar-refractivity contribution in [1.29, 1.82) is 0 Å². The van der Waals surface area contributed by atoms with Crippen LogP contribution < -0.4 is 4.74 Å². The molecule has 10 nitrogen and oxygen atoms in total. The second kappa shape index (κ2) is 11.6. The van der Waals surface area contributed by atoms with E-state index in [9.17, 15) is 14.7 Å². The minimum Gasteiger partial charge on any atom is -0.472 e. The first kappa shape index (κ1) is 25.7. The molecule has 0 unspecified atom stereocenters. The van der Waals surface area contributed by atoms with E-state index in [1.54, 1.807) is 49.5 Å². The fraction of sp³-hybridized carbons (Fsp3) is 0.333. The Morgan fingerprint density at radius 3 is 2.76 bits per heavy atom. The summed E-state index contributed by atoms with van der Waals surface area (Å²) in [7, 11) is 1.66. The Hall–Kier alpha value is -4.36. The Kier molecular flexibility index (Phi) is 8.05. The number of amides is 2. The Morgan fingerprint density at radius 1 is 1.22 bits per heavy atom. The molecular weight excluding hydrogens is 472 g/mol. The summed E-state index contributed by atoms with van der Waals surface area (Å²) in [5, 5.41) is 9.84. The zero-order valence-corrected chi connectivity index (χ0v) is 20.9. The monoisotopic (exact) mass is 500 g/mol. The van der Waals surface area contributed by atoms with Crippen LogP contribution in [0.15, 0.2) is 55.2 Å². The molecule has 1 aliphatic rings. The molecule has 0 saturated carbocycles. The molecule has 0 aliphatic carbocycles. The van der Waals surface area contributed by atoms with Crippen LogP contribution >= 0.6 is 0 Å². The van der Waals surface area contributed by atoms with Crippen LogP contribution in [-0.4, -0.2) is 85.5 Å². The smallest absolute Gasteiger partial charge is 0.273 e. The molecule has 190 valence electrons. The predicted molar refractivity (Wildman–Crippen MR) is 135 cm³/mol. The molecule has 0 saturated heterocycles. The topological polar surface area (TPSA) is 122 Å². The lowest BCUT2D eigenvalue weighted by atomic mass is 9.99. The number of aromatic nitrogens is 4. The number of aliphatic hydroxyl groups is 1. The molecule has 4 heterocycles. The highest BCUT2D eigenvalue weighted by atomic mass is 16.5. The minimum atomic E-state index is -0.483. The van der Waals surface area contributed by atoms with E-state index in [0.29, 0.717) is 17.8 Å². The third-order valence-corrected chi connectivity index (χ3v) is 6.10. The summed E-state index contributed by atoms with van der Waals surface area (Å²) in [5.74, 6) is 5.34. The molecule has 3 aromatic rings. The van der Waals surface area contributed by atoms with Crippen molar-refractivity contribution in [2.24, 2.45) is 5.92 Å². The number of hydrogen-bond acceptors (Lipinski definition) is 8. The van der Waals surface area contributed by atoms with Gasteiger partial charge in [-0.05, 0) is 31.0 Å². The third kappa shape index (κ3) is 6.08. The van der Waals surface area contributed by atoms with Gasteiger partial charge in [-0.3, -0.25) is 14.6 Å². The van der Waals surface area contributed by atoms with E-state index in [2.05, 4.69) is 31.8 Å². The molecule has 3 aromatic heterocycles. The largest absolute Gasteiger partial charge is 0.472 e. The van der Waals surface area contributed by atoms with Crippen molar-refractivity contribution < 1.29 is 19.4 Å². The lowest BCUT2D eigenvalue weighted by Crippen LogP contribution is -2.50. The van der Waals surface area contributed by atoms with Crippen molar-refractivity contribution in [2.75, 3.05) is 26.7 Å². The predicted octanol–water partition coefficient (Wildman–Crippen LogP) is 1.66. The zero-order chi connectivity index (χ0) is 26.4. The van der Waals surface area contributed by atoms with Gasteiger partial charge >= 0.3 is 0 Å². The van der Waals surface area contributed by atoms with E-state index in [1.165, 1.54) is 23.5 Å². The number of nitrogens with zero attached hydrogens (tertiary/aromatic N) is 6. The molecule has 37 heavy (non-hydrogen) atoms. The summed E-state index contributed by atoms with van der Waals surface area (Å²) in [5.41, 5.74) is 1.59. The molecule has 0 bridgehead atoms. The van der Waals surface area contributed by atoms with Gasteiger partial charge in [0.15, 0.2) is 0 Å². The standard InChI is InChI=1S/C27H28N6O4/c1-18-15-33(19(2)17-34)26(35)22-12-20(7-8-21-6-4-5-9-29-21)13-31-25(22)37-24(18)16-32(3)27(36)23-14-28-10-11-30-23/h4-6,9-14,18-19,24,34H,15-17H2,1-3H3/t18-,19-,24+/m0/s1. The van der Waals surface area contributed by atoms with Crippen LogP contribution in [0.3, 0.4) is 0 Å². The Labute approximate surface area is 215 Å². The van der Waals surface area contributed by atoms with Crippen LogP contribution in [-0.2, 0) is 0 Å². The highest BCUT2D eigenvalue weighted by Crippen LogP contribution is 2.27. The number of fused-ring (bicyclic) bond motifs is 1. The summed E-state index contributed by atoms with van der Waals surface area (Å²) in [4.78, 5) is 46.2. The molecule has 2 amide bonds. The van der Waals surface area contributed by atoms with Gasteiger partial charge in [-0.15, -0.1) is 0 Å². The molecule has 10 heteroatoms. The van der Waals surface area contributed by atoms with Gasteiger partial charge in [0.05, 0.1) is 25.4 Å². The molecule has 3 atom stereocenters. The highest BCUT2D eigenvalue weighted by Gasteiger charge is 2.35. The molecule has 0 aromatic carbocycles. The molecular formula is C27H28N6O4. The van der Waals surface area contributed by atoms with Gasteiger partial charge in [-0.25, -0.2) is 15.0 Å². The average Bonchev–Trinajstić information content (AvgIpc) is 2.94. The maximum Gasteiger partial charge on any atom is 0.273 e. The number of carbonyl (C=O) groups excluding carboxylic acids is 2. The van der Waals surface area contributed by atoms with E-state index in [1.807, 2.05) is 13.0 Å². The maximum atomic E-state index is 13.5. The van der Waals surface area contributed by atoms with E-state index in [4.69, 9.17) is 4.74 Å². The first-order valence-electron chi connectivity index (χ1n) is 11.9. The Balaban J connectivity index is 1.65. The number of aliphatic hydroxyl groups excluding tert-OH is 1. The van der Waals surface area contributed by atoms with Gasteiger partial charge in [0, 0.05) is 49.9 Å². The van der Waals surface area contributed by atoms with Gasteiger partial charge < -0.3 is 19.6 Å². The third-order valence-electron chi connectivity index (χ3n) is 6.10. The van der Waals surface area contributed by atoms with Gasteiger partial charge in [0.2, 0.25) is 5.88 Å². The van der Waals surface area contributed by atoms with Gasteiger partial charge in [-0.2, -0.15) is 0 Å². The van der Waals surface area contributed by atoms with E-state index in [-0.39, 0.29) is 48.0 Å². The molecule has 0 spiro atoms. The number of likely N-dealkylation sites (N-methyl/N-ethyl adjacent to an activating group) is 1. The Morgan fingerprint density at radius 2 is 2.05 bits per heavy atom. The second-order valence-corrected chi connectivity index (χ2v) is 8.94. The second-order valence-electron chi connectivity index (χ2n) is 8.94. The first-order chi connectivity index (χ1) is 17.9. The highest BCUT2D eigenvalue weighted by molar-refractivity contribution is 5.97. The zero-order valence-electron chi connectivity index (χ0n) is 20.9. The minimum absolute atomic E-state index is 0.153. The molecule has 0 fully saturated rings. The van der Waals surface area contributed by atoms with E-state index < -0.39 is 12.1 Å². The van der Waals surface area contributed by atoms with Gasteiger partial charge in [-0.1, -0.05) is 18.9 Å². The van der Waals surface area contributed by atoms with Crippen molar-refractivity contribution in [2.45, 2.75) is 26.0 Å². The molecule has 1 N–H and O–H groups in total. The van der Waals surface area contributed by atoms with Crippen molar-refractivity contribution in [3.8, 4) is 17.7 Å². The number of rotatable bonds is 5. The van der Waals surface area contributed by atoms with E-state index >= 15 is 0 Å². The van der Waals surface area contributed by atoms with Crippen molar-refractivity contribution in [1.82, 2.24) is 29.7 Å². The SMILES string of the molecule is C[C@H]1CN([C@@H](C)CO)C(=O)c2cc(C#Cc3ccccn3)cnc2O[C@@H]1CN(C)C(=O)c1cnccn1. The van der Waals surface area contributed by atoms with Crippen LogP contribution in [0.4, 0.5) is 0 Å².